The molecule has 0 aromatic heterocycles. The molecule has 50 heavy (non-hydrogen) atoms. The highest BCUT2D eigenvalue weighted by Gasteiger charge is 2.72. The smallest absolute Gasteiger partial charge is 0.408 e. The van der Waals surface area contributed by atoms with Gasteiger partial charge in [0.15, 0.2) is 0 Å². The van der Waals surface area contributed by atoms with E-state index >= 15 is 0 Å². The van der Waals surface area contributed by atoms with Crippen LogP contribution in [0.3, 0.4) is 0 Å². The molecule has 0 spiro atoms. The van der Waals surface area contributed by atoms with Crippen LogP contribution < -0.4 is 5.32 Å². The van der Waals surface area contributed by atoms with E-state index in [2.05, 4.69) is 73.7 Å². The summed E-state index contributed by atoms with van der Waals surface area (Å²) >= 11 is 0. The molecular formula is C43H73NO6. The zero-order valence-electron chi connectivity index (χ0n) is 34.3. The van der Waals surface area contributed by atoms with E-state index in [1.807, 2.05) is 27.7 Å². The minimum Gasteiger partial charge on any atom is -0.444 e. The number of methoxy groups -OCH3 is 1. The standard InChI is InChI=1S/C43H73NO6/c1-15-39(10,44-36(47)50-37(5,6)7)22-23-49-35-32(48-14)25-43(27(4)45)29-18-19-42(13)34-31(46)24-30(26(2)3)40(34,11)20-21-41(42,12)28(29)16-17-33(43)38(35,8)9/h18,26-28,30,32-35,45H,15-17,19-25H2,1-14H3,(H,44,47). The number of aliphatic hydroxyl groups excluding tert-OH is 1. The van der Waals surface area contributed by atoms with Crippen molar-refractivity contribution >= 4 is 11.9 Å². The molecule has 286 valence electrons. The number of carbonyl (C=O) groups excluding carboxylic acids is 2. The molecule has 1 amide bonds. The Bertz CT molecular complexity index is 1330. The summed E-state index contributed by atoms with van der Waals surface area (Å²) in [6.07, 6.45) is 9.28. The van der Waals surface area contributed by atoms with Crippen LogP contribution in [0.25, 0.3) is 0 Å². The van der Waals surface area contributed by atoms with Crippen LogP contribution in [-0.4, -0.2) is 60.2 Å². The van der Waals surface area contributed by atoms with Crippen LogP contribution >= 0.6 is 0 Å². The highest BCUT2D eigenvalue weighted by atomic mass is 16.6. The molecule has 5 aliphatic carbocycles. The molecule has 4 fully saturated rings. The maximum atomic E-state index is 14.1. The number of ketones is 1. The number of carbonyl (C=O) groups is 2. The number of alkyl carbamates (subject to hydrolysis) is 1. The Hall–Kier alpha value is -1.44. The summed E-state index contributed by atoms with van der Waals surface area (Å²) in [5.74, 6) is 2.09. The normalized spacial score (nSPS) is 42.7. The number of allylic oxidation sites excluding steroid dienone is 1. The average Bonchev–Trinajstić information content (AvgIpc) is 3.28. The summed E-state index contributed by atoms with van der Waals surface area (Å²) < 4.78 is 18.8. The van der Waals surface area contributed by atoms with E-state index in [4.69, 9.17) is 14.2 Å². The zero-order chi connectivity index (χ0) is 37.5. The van der Waals surface area contributed by atoms with Gasteiger partial charge in [-0.25, -0.2) is 4.79 Å². The summed E-state index contributed by atoms with van der Waals surface area (Å²) in [6, 6.07) is 0. The van der Waals surface area contributed by atoms with E-state index in [0.29, 0.717) is 43.0 Å². The second kappa shape index (κ2) is 13.1. The van der Waals surface area contributed by atoms with Gasteiger partial charge in [-0.15, -0.1) is 0 Å². The highest BCUT2D eigenvalue weighted by Crippen LogP contribution is 2.76. The van der Waals surface area contributed by atoms with Gasteiger partial charge in [0.2, 0.25) is 0 Å². The lowest BCUT2D eigenvalue weighted by molar-refractivity contribution is -0.226. The van der Waals surface area contributed by atoms with E-state index in [-0.39, 0.29) is 45.7 Å². The van der Waals surface area contributed by atoms with Gasteiger partial charge < -0.3 is 24.6 Å². The molecule has 12 unspecified atom stereocenters. The zero-order valence-corrected chi connectivity index (χ0v) is 34.3. The van der Waals surface area contributed by atoms with Gasteiger partial charge in [-0.3, -0.25) is 4.79 Å². The van der Waals surface area contributed by atoms with Crippen LogP contribution in [0.4, 0.5) is 4.79 Å². The fourth-order valence-electron chi connectivity index (χ4n) is 13.1. The molecule has 0 radical (unpaired) electrons. The largest absolute Gasteiger partial charge is 0.444 e. The first-order valence-electron chi connectivity index (χ1n) is 20.0. The molecule has 12 atom stereocenters. The summed E-state index contributed by atoms with van der Waals surface area (Å²) in [4.78, 5) is 26.7. The molecule has 2 N–H and O–H groups in total. The second-order valence-corrected chi connectivity index (χ2v) is 20.4. The summed E-state index contributed by atoms with van der Waals surface area (Å²) in [6.45, 7) is 28.9. The molecule has 5 aliphatic rings. The first kappa shape index (κ1) is 39.8. The fraction of sp³-hybridized carbons (Fsp3) is 0.907. The number of Topliss-reactive ketones (excluding diaryl/α,β-unsaturated/α-hetero) is 1. The number of ether oxygens (including phenoxy) is 3. The van der Waals surface area contributed by atoms with Crippen LogP contribution in [-0.2, 0) is 19.0 Å². The van der Waals surface area contributed by atoms with E-state index < -0.39 is 28.8 Å². The average molecular weight is 700 g/mol. The molecule has 0 aliphatic heterocycles. The minimum atomic E-state index is -0.561. The molecule has 0 aromatic carbocycles. The SMILES string of the molecule is CCC(C)(CCOC1C(OC)CC2(C(C)O)C3=CCC4(C)C5C(=O)CC(C(C)C)C5(C)CCC4(C)C3CCC2C1(C)C)NC(=O)OC(C)(C)C. The molecule has 7 heteroatoms. The molecule has 0 heterocycles. The predicted octanol–water partition coefficient (Wildman–Crippen LogP) is 9.30. The molecule has 5 rings (SSSR count). The first-order chi connectivity index (χ1) is 23.0. The van der Waals surface area contributed by atoms with Crippen molar-refractivity contribution in [2.24, 2.45) is 56.7 Å². The van der Waals surface area contributed by atoms with Gasteiger partial charge in [0, 0.05) is 37.0 Å². The maximum Gasteiger partial charge on any atom is 0.408 e. The third-order valence-corrected chi connectivity index (χ3v) is 16.1. The van der Waals surface area contributed by atoms with Gasteiger partial charge in [0.05, 0.1) is 18.3 Å². The molecule has 0 aromatic rings. The number of hydrogen-bond donors (Lipinski definition) is 2. The third kappa shape index (κ3) is 6.03. The monoisotopic (exact) mass is 700 g/mol. The summed E-state index contributed by atoms with van der Waals surface area (Å²) in [7, 11) is 1.79. The quantitative estimate of drug-likeness (QED) is 0.233. The molecule has 0 bridgehead atoms. The van der Waals surface area contributed by atoms with Crippen molar-refractivity contribution in [1.29, 1.82) is 0 Å². The van der Waals surface area contributed by atoms with Crippen molar-refractivity contribution < 1.29 is 28.9 Å². The third-order valence-electron chi connectivity index (χ3n) is 16.1. The Labute approximate surface area is 304 Å². The van der Waals surface area contributed by atoms with Crippen molar-refractivity contribution in [2.45, 2.75) is 177 Å². The summed E-state index contributed by atoms with van der Waals surface area (Å²) in [5, 5.41) is 15.1. The number of rotatable bonds is 9. The number of hydrogen-bond acceptors (Lipinski definition) is 6. The first-order valence-corrected chi connectivity index (χ1v) is 20.0. The van der Waals surface area contributed by atoms with E-state index in [0.717, 1.165) is 44.9 Å². The van der Waals surface area contributed by atoms with Gasteiger partial charge in [-0.2, -0.15) is 0 Å². The van der Waals surface area contributed by atoms with Gasteiger partial charge >= 0.3 is 6.09 Å². The van der Waals surface area contributed by atoms with E-state index in [1.165, 1.54) is 5.57 Å². The number of amides is 1. The molecule has 0 saturated heterocycles. The lowest BCUT2D eigenvalue weighted by Gasteiger charge is -2.70. The predicted molar refractivity (Wildman–Crippen MR) is 200 cm³/mol. The Balaban J connectivity index is 1.43. The van der Waals surface area contributed by atoms with Gasteiger partial charge in [0.25, 0.3) is 0 Å². The van der Waals surface area contributed by atoms with Crippen molar-refractivity contribution in [3.8, 4) is 0 Å². The van der Waals surface area contributed by atoms with Crippen LogP contribution in [0.2, 0.25) is 0 Å². The number of fused-ring (bicyclic) bond motifs is 7. The van der Waals surface area contributed by atoms with Gasteiger partial charge in [0.1, 0.15) is 11.4 Å². The van der Waals surface area contributed by atoms with Crippen molar-refractivity contribution in [2.75, 3.05) is 13.7 Å². The lowest BCUT2D eigenvalue weighted by Crippen LogP contribution is -2.67. The lowest BCUT2D eigenvalue weighted by atomic mass is 9.35. The number of aliphatic hydroxyl groups is 1. The Morgan fingerprint density at radius 1 is 1.04 bits per heavy atom. The maximum absolute atomic E-state index is 14.1. The Morgan fingerprint density at radius 2 is 1.70 bits per heavy atom. The van der Waals surface area contributed by atoms with E-state index in [1.54, 1.807) is 7.11 Å². The topological polar surface area (TPSA) is 94.1 Å². The van der Waals surface area contributed by atoms with Crippen molar-refractivity contribution in [3.05, 3.63) is 11.6 Å². The van der Waals surface area contributed by atoms with Gasteiger partial charge in [-0.05, 0) is 131 Å². The van der Waals surface area contributed by atoms with Crippen LogP contribution in [0, 0.1) is 56.7 Å². The fourth-order valence-corrected chi connectivity index (χ4v) is 13.1. The van der Waals surface area contributed by atoms with Crippen LogP contribution in [0.15, 0.2) is 11.6 Å². The molecule has 7 nitrogen and oxygen atoms in total. The summed E-state index contributed by atoms with van der Waals surface area (Å²) in [5.41, 5.74) is -0.346. The second-order valence-electron chi connectivity index (χ2n) is 20.4. The minimum absolute atomic E-state index is 0.0124. The van der Waals surface area contributed by atoms with Crippen molar-refractivity contribution in [3.63, 3.8) is 0 Å². The van der Waals surface area contributed by atoms with Crippen LogP contribution in [0.5, 0.6) is 0 Å². The number of nitrogens with one attached hydrogen (secondary N) is 1. The Kier molecular flexibility index (Phi) is 10.5. The highest BCUT2D eigenvalue weighted by molar-refractivity contribution is 5.86. The molecular weight excluding hydrogens is 626 g/mol. The van der Waals surface area contributed by atoms with E-state index in [9.17, 15) is 14.7 Å². The Morgan fingerprint density at radius 3 is 2.26 bits per heavy atom. The van der Waals surface area contributed by atoms with Gasteiger partial charge in [-0.1, -0.05) is 67.0 Å². The molecule has 4 saturated carbocycles. The van der Waals surface area contributed by atoms with Crippen LogP contribution in [0.1, 0.15) is 148 Å². The van der Waals surface area contributed by atoms with Crippen molar-refractivity contribution in [1.82, 2.24) is 5.32 Å².